The number of carboxylic acid groups (broad SMARTS) is 1. The van der Waals surface area contributed by atoms with Crippen molar-refractivity contribution in [2.45, 2.75) is 6.92 Å². The molecule has 5 heteroatoms. The number of hydrogen-bond donors (Lipinski definition) is 1. The topological polar surface area (TPSA) is 57.6 Å². The molecule has 0 saturated heterocycles. The van der Waals surface area contributed by atoms with Gasteiger partial charge in [0.1, 0.15) is 5.82 Å². The molecular weight excluding hydrogens is 273 g/mol. The maximum Gasteiger partial charge on any atom is 0.337 e. The fraction of sp³-hybridized carbons (Fsp3) is 0.125. The van der Waals surface area contributed by atoms with Gasteiger partial charge in [-0.3, -0.25) is 4.79 Å². The lowest BCUT2D eigenvalue weighted by atomic mass is 10.1. The molecule has 4 nitrogen and oxygen atoms in total. The highest BCUT2D eigenvalue weighted by molar-refractivity contribution is 6.09. The minimum absolute atomic E-state index is 0.0353. The minimum atomic E-state index is -1.11. The molecule has 1 N–H and O–H groups in total. The van der Waals surface area contributed by atoms with E-state index in [4.69, 9.17) is 0 Å². The zero-order valence-corrected chi connectivity index (χ0v) is 11.6. The molecule has 0 unspecified atom stereocenters. The van der Waals surface area contributed by atoms with Crippen LogP contribution in [0, 0.1) is 12.7 Å². The summed E-state index contributed by atoms with van der Waals surface area (Å²) in [5.41, 5.74) is 1.16. The summed E-state index contributed by atoms with van der Waals surface area (Å²) in [5, 5.41) is 9.17. The zero-order chi connectivity index (χ0) is 15.6. The Morgan fingerprint density at radius 3 is 2.38 bits per heavy atom. The van der Waals surface area contributed by atoms with Gasteiger partial charge in [-0.05, 0) is 42.8 Å². The Morgan fingerprint density at radius 1 is 1.10 bits per heavy atom. The van der Waals surface area contributed by atoms with E-state index in [0.717, 1.165) is 0 Å². The second-order valence-corrected chi connectivity index (χ2v) is 4.65. The molecule has 2 aromatic carbocycles. The summed E-state index contributed by atoms with van der Waals surface area (Å²) in [6, 6.07) is 10.1. The molecule has 2 rings (SSSR count). The molecule has 0 fully saturated rings. The van der Waals surface area contributed by atoms with Crippen molar-refractivity contribution < 1.29 is 19.1 Å². The Labute approximate surface area is 121 Å². The fourth-order valence-electron chi connectivity index (χ4n) is 2.10. The van der Waals surface area contributed by atoms with Gasteiger partial charge in [-0.15, -0.1) is 0 Å². The summed E-state index contributed by atoms with van der Waals surface area (Å²) in [6.45, 7) is 1.63. The molecule has 0 atom stereocenters. The molecule has 108 valence electrons. The first-order valence-corrected chi connectivity index (χ1v) is 6.28. The molecular formula is C16H14FNO3. The third-order valence-electron chi connectivity index (χ3n) is 3.22. The highest BCUT2D eigenvalue weighted by atomic mass is 19.1. The van der Waals surface area contributed by atoms with E-state index in [1.54, 1.807) is 25.1 Å². The first kappa shape index (κ1) is 14.7. The normalized spacial score (nSPS) is 10.2. The number of aromatic carboxylic acids is 1. The fourth-order valence-corrected chi connectivity index (χ4v) is 2.10. The van der Waals surface area contributed by atoms with Crippen molar-refractivity contribution >= 4 is 17.6 Å². The van der Waals surface area contributed by atoms with Crippen LogP contribution in [0.5, 0.6) is 0 Å². The van der Waals surface area contributed by atoms with Crippen molar-refractivity contribution in [3.63, 3.8) is 0 Å². The van der Waals surface area contributed by atoms with Crippen LogP contribution in [-0.2, 0) is 0 Å². The zero-order valence-electron chi connectivity index (χ0n) is 11.6. The number of amides is 1. The summed E-state index contributed by atoms with van der Waals surface area (Å²) in [6.07, 6.45) is 0. The molecule has 0 aliphatic rings. The molecule has 0 bridgehead atoms. The second kappa shape index (κ2) is 5.75. The molecule has 1 amide bonds. The van der Waals surface area contributed by atoms with Crippen LogP contribution in [0.3, 0.4) is 0 Å². The lowest BCUT2D eigenvalue weighted by Gasteiger charge is -2.20. The number of halogens is 1. The van der Waals surface area contributed by atoms with E-state index in [1.807, 2.05) is 0 Å². The van der Waals surface area contributed by atoms with E-state index in [-0.39, 0.29) is 11.5 Å². The van der Waals surface area contributed by atoms with Crippen LogP contribution in [0.15, 0.2) is 42.5 Å². The summed E-state index contributed by atoms with van der Waals surface area (Å²) < 4.78 is 13.1. The van der Waals surface area contributed by atoms with Gasteiger partial charge in [0, 0.05) is 12.6 Å². The van der Waals surface area contributed by atoms with Gasteiger partial charge in [-0.2, -0.15) is 0 Å². The standard InChI is InChI=1S/C16H14FNO3/c1-10-9-11(17)7-8-12(10)15(19)18(2)14-6-4-3-5-13(14)16(20)21/h3-9H,1-2H3,(H,20,21). The van der Waals surface area contributed by atoms with E-state index in [9.17, 15) is 19.1 Å². The number of anilines is 1. The van der Waals surface area contributed by atoms with Crippen molar-refractivity contribution in [3.8, 4) is 0 Å². The predicted octanol–water partition coefficient (Wildman–Crippen LogP) is 3.11. The number of benzene rings is 2. The molecule has 0 radical (unpaired) electrons. The van der Waals surface area contributed by atoms with Gasteiger partial charge in [0.05, 0.1) is 11.3 Å². The average Bonchev–Trinajstić information content (AvgIpc) is 2.45. The van der Waals surface area contributed by atoms with Crippen molar-refractivity contribution in [1.29, 1.82) is 0 Å². The first-order valence-electron chi connectivity index (χ1n) is 6.28. The van der Waals surface area contributed by atoms with Crippen LogP contribution in [0.1, 0.15) is 26.3 Å². The van der Waals surface area contributed by atoms with Gasteiger partial charge in [0.2, 0.25) is 0 Å². The number of carbonyl (C=O) groups excluding carboxylic acids is 1. The van der Waals surface area contributed by atoms with Gasteiger partial charge in [0.25, 0.3) is 5.91 Å². The maximum absolute atomic E-state index is 13.1. The molecule has 21 heavy (non-hydrogen) atoms. The number of nitrogens with zero attached hydrogens (tertiary/aromatic N) is 1. The minimum Gasteiger partial charge on any atom is -0.478 e. The van der Waals surface area contributed by atoms with E-state index in [1.165, 1.54) is 36.2 Å². The Kier molecular flexibility index (Phi) is 4.03. The van der Waals surface area contributed by atoms with Crippen LogP contribution >= 0.6 is 0 Å². The number of rotatable bonds is 3. The van der Waals surface area contributed by atoms with Gasteiger partial charge < -0.3 is 10.0 Å². The Bertz CT molecular complexity index is 712. The Morgan fingerprint density at radius 2 is 1.76 bits per heavy atom. The van der Waals surface area contributed by atoms with E-state index in [0.29, 0.717) is 16.8 Å². The summed E-state index contributed by atoms with van der Waals surface area (Å²) in [5.74, 6) is -1.92. The van der Waals surface area contributed by atoms with Crippen LogP contribution in [-0.4, -0.2) is 24.0 Å². The molecule has 0 heterocycles. The molecule has 0 spiro atoms. The van der Waals surface area contributed by atoms with E-state index in [2.05, 4.69) is 0 Å². The van der Waals surface area contributed by atoms with Gasteiger partial charge in [-0.25, -0.2) is 9.18 Å². The van der Waals surface area contributed by atoms with E-state index >= 15 is 0 Å². The number of carboxylic acids is 1. The monoisotopic (exact) mass is 287 g/mol. The van der Waals surface area contributed by atoms with Crippen molar-refractivity contribution in [3.05, 3.63) is 65.0 Å². The largest absolute Gasteiger partial charge is 0.478 e. The van der Waals surface area contributed by atoms with Gasteiger partial charge >= 0.3 is 5.97 Å². The number of hydrogen-bond acceptors (Lipinski definition) is 2. The van der Waals surface area contributed by atoms with Crippen molar-refractivity contribution in [2.75, 3.05) is 11.9 Å². The van der Waals surface area contributed by atoms with Gasteiger partial charge in [-0.1, -0.05) is 12.1 Å². The summed E-state index contributed by atoms with van der Waals surface area (Å²) >= 11 is 0. The number of para-hydroxylation sites is 1. The van der Waals surface area contributed by atoms with Crippen molar-refractivity contribution in [1.82, 2.24) is 0 Å². The molecule has 0 saturated carbocycles. The highest BCUT2D eigenvalue weighted by Gasteiger charge is 2.20. The quantitative estimate of drug-likeness (QED) is 0.943. The summed E-state index contributed by atoms with van der Waals surface area (Å²) in [4.78, 5) is 24.9. The number of aryl methyl sites for hydroxylation is 1. The summed E-state index contributed by atoms with van der Waals surface area (Å²) in [7, 11) is 1.49. The van der Waals surface area contributed by atoms with Crippen LogP contribution < -0.4 is 4.90 Å². The second-order valence-electron chi connectivity index (χ2n) is 4.65. The lowest BCUT2D eigenvalue weighted by Crippen LogP contribution is -2.28. The molecule has 2 aromatic rings. The highest BCUT2D eigenvalue weighted by Crippen LogP contribution is 2.22. The molecule has 0 aliphatic heterocycles. The molecule has 0 aliphatic carbocycles. The Hall–Kier alpha value is -2.69. The average molecular weight is 287 g/mol. The van der Waals surface area contributed by atoms with E-state index < -0.39 is 11.8 Å². The van der Waals surface area contributed by atoms with Crippen molar-refractivity contribution in [2.24, 2.45) is 0 Å². The third-order valence-corrected chi connectivity index (χ3v) is 3.22. The van der Waals surface area contributed by atoms with Gasteiger partial charge in [0.15, 0.2) is 0 Å². The predicted molar refractivity (Wildman–Crippen MR) is 77.3 cm³/mol. The Balaban J connectivity index is 2.42. The van der Waals surface area contributed by atoms with Crippen LogP contribution in [0.25, 0.3) is 0 Å². The lowest BCUT2D eigenvalue weighted by molar-refractivity contribution is 0.0697. The smallest absolute Gasteiger partial charge is 0.337 e. The third kappa shape index (κ3) is 2.91. The van der Waals surface area contributed by atoms with Crippen LogP contribution in [0.4, 0.5) is 10.1 Å². The maximum atomic E-state index is 13.1. The van der Waals surface area contributed by atoms with Crippen LogP contribution in [0.2, 0.25) is 0 Å². The SMILES string of the molecule is Cc1cc(F)ccc1C(=O)N(C)c1ccccc1C(=O)O. The number of carbonyl (C=O) groups is 2. The first-order chi connectivity index (χ1) is 9.91. The molecule has 0 aromatic heterocycles.